The maximum Gasteiger partial charge on any atom is 0.0737 e. The molecule has 2 heterocycles. The summed E-state index contributed by atoms with van der Waals surface area (Å²) in [5, 5.41) is 13.7. The number of pyridine rings is 1. The topological polar surface area (TPSA) is 37.0 Å². The minimum atomic E-state index is 0.534. The van der Waals surface area contributed by atoms with Crippen molar-refractivity contribution >= 4 is 39.5 Å². The van der Waals surface area contributed by atoms with Crippen molar-refractivity contribution < 1.29 is 0 Å². The van der Waals surface area contributed by atoms with Crippen LogP contribution in [-0.4, -0.2) is 23.6 Å². The van der Waals surface area contributed by atoms with Gasteiger partial charge in [-0.3, -0.25) is 4.98 Å². The van der Waals surface area contributed by atoms with Crippen molar-refractivity contribution in [1.82, 2.24) is 10.3 Å². The highest BCUT2D eigenvalue weighted by Gasteiger charge is 2.21. The molecule has 0 spiro atoms. The number of nitrogens with zero attached hydrogens (tertiary/aromatic N) is 1. The zero-order valence-electron chi connectivity index (χ0n) is 14.7. The first-order valence-corrected chi connectivity index (χ1v) is 10.7. The summed E-state index contributed by atoms with van der Waals surface area (Å²) in [6.07, 6.45) is 7.86. The molecule has 0 aliphatic heterocycles. The minimum Gasteiger partial charge on any atom is -0.382 e. The maximum atomic E-state index is 6.09. The molecule has 0 radical (unpaired) electrons. The van der Waals surface area contributed by atoms with E-state index < -0.39 is 0 Å². The van der Waals surface area contributed by atoms with Crippen LogP contribution in [0.2, 0.25) is 5.02 Å². The van der Waals surface area contributed by atoms with Gasteiger partial charge in [-0.15, -0.1) is 0 Å². The van der Waals surface area contributed by atoms with E-state index in [0.29, 0.717) is 12.1 Å². The second-order valence-corrected chi connectivity index (χ2v) is 8.27. The largest absolute Gasteiger partial charge is 0.382 e. The molecule has 0 atom stereocenters. The van der Waals surface area contributed by atoms with Crippen molar-refractivity contribution in [3.05, 3.63) is 57.9 Å². The number of halogens is 1. The van der Waals surface area contributed by atoms with E-state index >= 15 is 0 Å². The highest BCUT2D eigenvalue weighted by molar-refractivity contribution is 7.07. The molecule has 1 saturated carbocycles. The lowest BCUT2D eigenvalue weighted by molar-refractivity contribution is 0.356. The van der Waals surface area contributed by atoms with Gasteiger partial charge < -0.3 is 10.6 Å². The standard InChI is InChI=1S/C21H24ClN3S/c22-16-1-6-19-20(8-11-24-21(19)13-16)25-18-4-2-17(3-5-18)23-10-7-15-9-12-26-14-15/h1,6,8-9,11-14,17-18,23H,2-5,7,10H2,(H,24,25)/t17-,18+. The van der Waals surface area contributed by atoms with Crippen LogP contribution < -0.4 is 10.6 Å². The summed E-state index contributed by atoms with van der Waals surface area (Å²) in [5.41, 5.74) is 3.56. The fourth-order valence-electron chi connectivity index (χ4n) is 3.76. The number of benzene rings is 1. The van der Waals surface area contributed by atoms with Gasteiger partial charge in [0.1, 0.15) is 0 Å². The minimum absolute atomic E-state index is 0.534. The molecule has 3 aromatic rings. The quantitative estimate of drug-likeness (QED) is 0.587. The van der Waals surface area contributed by atoms with Gasteiger partial charge in [0.2, 0.25) is 0 Å². The molecule has 26 heavy (non-hydrogen) atoms. The molecular weight excluding hydrogens is 362 g/mol. The molecule has 2 N–H and O–H groups in total. The molecule has 5 heteroatoms. The van der Waals surface area contributed by atoms with Gasteiger partial charge in [0.15, 0.2) is 0 Å². The molecule has 1 aliphatic rings. The van der Waals surface area contributed by atoms with Crippen LogP contribution in [-0.2, 0) is 6.42 Å². The summed E-state index contributed by atoms with van der Waals surface area (Å²) in [5.74, 6) is 0. The molecule has 0 saturated heterocycles. The number of rotatable bonds is 6. The first-order chi connectivity index (χ1) is 12.8. The summed E-state index contributed by atoms with van der Waals surface area (Å²) in [7, 11) is 0. The van der Waals surface area contributed by atoms with Crippen LogP contribution in [0.4, 0.5) is 5.69 Å². The Kier molecular flexibility index (Phi) is 5.73. The zero-order chi connectivity index (χ0) is 17.8. The second-order valence-electron chi connectivity index (χ2n) is 7.05. The van der Waals surface area contributed by atoms with Crippen LogP contribution in [0.5, 0.6) is 0 Å². The smallest absolute Gasteiger partial charge is 0.0737 e. The Hall–Kier alpha value is -1.62. The van der Waals surface area contributed by atoms with Gasteiger partial charge in [-0.1, -0.05) is 11.6 Å². The van der Waals surface area contributed by atoms with Crippen LogP contribution in [0.3, 0.4) is 0 Å². The Morgan fingerprint density at radius 1 is 1.08 bits per heavy atom. The Morgan fingerprint density at radius 2 is 1.92 bits per heavy atom. The van der Waals surface area contributed by atoms with Crippen LogP contribution in [0.25, 0.3) is 10.9 Å². The zero-order valence-corrected chi connectivity index (χ0v) is 16.3. The van der Waals surface area contributed by atoms with Gasteiger partial charge in [0.25, 0.3) is 0 Å². The molecule has 4 rings (SSSR count). The fourth-order valence-corrected chi connectivity index (χ4v) is 4.63. The van der Waals surface area contributed by atoms with Crippen molar-refractivity contribution in [1.29, 1.82) is 0 Å². The number of aromatic nitrogens is 1. The van der Waals surface area contributed by atoms with E-state index in [0.717, 1.165) is 28.9 Å². The van der Waals surface area contributed by atoms with Gasteiger partial charge >= 0.3 is 0 Å². The molecule has 136 valence electrons. The number of hydrogen-bond donors (Lipinski definition) is 2. The van der Waals surface area contributed by atoms with E-state index in [1.165, 1.54) is 36.9 Å². The predicted molar refractivity (Wildman–Crippen MR) is 112 cm³/mol. The first kappa shape index (κ1) is 17.8. The van der Waals surface area contributed by atoms with Gasteiger partial charge in [-0.05, 0) is 85.3 Å². The van der Waals surface area contributed by atoms with Crippen LogP contribution >= 0.6 is 22.9 Å². The predicted octanol–water partition coefficient (Wildman–Crippen LogP) is 5.51. The van der Waals surface area contributed by atoms with Gasteiger partial charge in [-0.2, -0.15) is 11.3 Å². The Balaban J connectivity index is 1.29. The first-order valence-electron chi connectivity index (χ1n) is 9.33. The monoisotopic (exact) mass is 385 g/mol. The average molecular weight is 386 g/mol. The van der Waals surface area contributed by atoms with Crippen LogP contribution in [0.1, 0.15) is 31.2 Å². The number of fused-ring (bicyclic) bond motifs is 1. The summed E-state index contributed by atoms with van der Waals surface area (Å²) in [6.45, 7) is 1.08. The molecule has 0 amide bonds. The molecular formula is C21H24ClN3S. The van der Waals surface area contributed by atoms with E-state index in [9.17, 15) is 0 Å². The van der Waals surface area contributed by atoms with Crippen molar-refractivity contribution in [2.24, 2.45) is 0 Å². The molecule has 1 aromatic carbocycles. The molecule has 1 fully saturated rings. The van der Waals surface area contributed by atoms with Crippen molar-refractivity contribution in [2.45, 2.75) is 44.2 Å². The lowest BCUT2D eigenvalue weighted by Gasteiger charge is -2.30. The summed E-state index contributed by atoms with van der Waals surface area (Å²) >= 11 is 7.87. The Labute approximate surface area is 163 Å². The van der Waals surface area contributed by atoms with Crippen LogP contribution in [0.15, 0.2) is 47.3 Å². The molecule has 0 unspecified atom stereocenters. The second kappa shape index (κ2) is 8.38. The van der Waals surface area contributed by atoms with Gasteiger partial charge in [-0.25, -0.2) is 0 Å². The Bertz CT molecular complexity index is 842. The average Bonchev–Trinajstić information content (AvgIpc) is 3.17. The normalized spacial score (nSPS) is 20.3. The summed E-state index contributed by atoms with van der Waals surface area (Å²) < 4.78 is 0. The SMILES string of the molecule is Clc1ccc2c(N[C@H]3CC[C@@H](NCCc4ccsc4)CC3)ccnc2c1. The van der Waals surface area contributed by atoms with Gasteiger partial charge in [0, 0.05) is 34.4 Å². The molecule has 2 aromatic heterocycles. The lowest BCUT2D eigenvalue weighted by Crippen LogP contribution is -2.37. The summed E-state index contributed by atoms with van der Waals surface area (Å²) in [4.78, 5) is 4.43. The third-order valence-electron chi connectivity index (χ3n) is 5.22. The molecule has 3 nitrogen and oxygen atoms in total. The third-order valence-corrected chi connectivity index (χ3v) is 6.19. The molecule has 0 bridgehead atoms. The van der Waals surface area contributed by atoms with E-state index in [1.807, 2.05) is 18.3 Å². The van der Waals surface area contributed by atoms with E-state index in [-0.39, 0.29) is 0 Å². The fraction of sp³-hybridized carbons (Fsp3) is 0.381. The van der Waals surface area contributed by atoms with Crippen molar-refractivity contribution in [2.75, 3.05) is 11.9 Å². The van der Waals surface area contributed by atoms with E-state index in [2.05, 4.69) is 44.6 Å². The highest BCUT2D eigenvalue weighted by Crippen LogP contribution is 2.28. The van der Waals surface area contributed by atoms with Gasteiger partial charge in [0.05, 0.1) is 5.52 Å². The van der Waals surface area contributed by atoms with Crippen molar-refractivity contribution in [3.8, 4) is 0 Å². The number of anilines is 1. The van der Waals surface area contributed by atoms with Crippen molar-refractivity contribution in [3.63, 3.8) is 0 Å². The lowest BCUT2D eigenvalue weighted by atomic mass is 9.90. The Morgan fingerprint density at radius 3 is 2.73 bits per heavy atom. The summed E-state index contributed by atoms with van der Waals surface area (Å²) in [6, 6.07) is 11.4. The van der Waals surface area contributed by atoms with Crippen LogP contribution in [0, 0.1) is 0 Å². The number of thiophene rings is 1. The van der Waals surface area contributed by atoms with E-state index in [4.69, 9.17) is 11.6 Å². The third kappa shape index (κ3) is 4.37. The van der Waals surface area contributed by atoms with E-state index in [1.54, 1.807) is 11.3 Å². The maximum absolute atomic E-state index is 6.09. The highest BCUT2D eigenvalue weighted by atomic mass is 35.5. The number of nitrogens with one attached hydrogen (secondary N) is 2. The number of hydrogen-bond acceptors (Lipinski definition) is 4. The molecule has 1 aliphatic carbocycles.